The van der Waals surface area contributed by atoms with Crippen LogP contribution in [0.5, 0.6) is 5.88 Å². The Balaban J connectivity index is 2.01. The summed E-state index contributed by atoms with van der Waals surface area (Å²) in [6.07, 6.45) is 7.47. The average molecular weight is 250 g/mol. The molecule has 2 rings (SSSR count). The van der Waals surface area contributed by atoms with Crippen molar-refractivity contribution in [2.24, 2.45) is 5.92 Å². The van der Waals surface area contributed by atoms with E-state index < -0.39 is 5.97 Å². The Morgan fingerprint density at radius 3 is 2.83 bits per heavy atom. The van der Waals surface area contributed by atoms with Crippen molar-refractivity contribution in [3.63, 3.8) is 0 Å². The summed E-state index contributed by atoms with van der Waals surface area (Å²) in [5, 5.41) is 9.05. The van der Waals surface area contributed by atoms with Gasteiger partial charge in [-0.1, -0.05) is 19.3 Å². The number of pyridine rings is 1. The maximum absolute atomic E-state index is 11.0. The number of ether oxygens (including phenoxy) is 1. The fourth-order valence-electron chi connectivity index (χ4n) is 2.29. The lowest BCUT2D eigenvalue weighted by Gasteiger charge is -2.21. The summed E-state index contributed by atoms with van der Waals surface area (Å²) in [6.45, 7) is 0.539. The third-order valence-electron chi connectivity index (χ3n) is 3.28. The molecule has 5 nitrogen and oxygen atoms in total. The zero-order valence-corrected chi connectivity index (χ0v) is 10.3. The Hall–Kier alpha value is -1.78. The number of nitrogens with zero attached hydrogens (tertiary/aromatic N) is 1. The Morgan fingerprint density at radius 2 is 2.17 bits per heavy atom. The zero-order valence-electron chi connectivity index (χ0n) is 10.3. The topological polar surface area (TPSA) is 85.4 Å². The monoisotopic (exact) mass is 250 g/mol. The molecule has 0 aromatic carbocycles. The molecule has 0 radical (unpaired) electrons. The molecule has 0 atom stereocenters. The summed E-state index contributed by atoms with van der Waals surface area (Å²) >= 11 is 0. The van der Waals surface area contributed by atoms with Gasteiger partial charge < -0.3 is 15.6 Å². The molecule has 1 aliphatic carbocycles. The SMILES string of the molecule is Nc1cnc(OCC2CCCCC2)c(C(=O)O)c1. The van der Waals surface area contributed by atoms with Crippen molar-refractivity contribution in [1.82, 2.24) is 4.98 Å². The molecule has 0 amide bonds. The van der Waals surface area contributed by atoms with Crippen LogP contribution in [0.2, 0.25) is 0 Å². The second kappa shape index (κ2) is 5.71. The predicted molar refractivity (Wildman–Crippen MR) is 67.7 cm³/mol. The standard InChI is InChI=1S/C13H18N2O3/c14-10-6-11(13(16)17)12(15-7-10)18-8-9-4-2-1-3-5-9/h6-7,9H,1-5,8,14H2,(H,16,17). The van der Waals surface area contributed by atoms with Crippen LogP contribution in [0.25, 0.3) is 0 Å². The lowest BCUT2D eigenvalue weighted by molar-refractivity contribution is 0.0689. The number of carboxylic acids is 1. The highest BCUT2D eigenvalue weighted by Gasteiger charge is 2.17. The highest BCUT2D eigenvalue weighted by atomic mass is 16.5. The first-order valence-corrected chi connectivity index (χ1v) is 6.28. The van der Waals surface area contributed by atoms with E-state index in [0.717, 1.165) is 12.8 Å². The number of nitrogen functional groups attached to an aromatic ring is 1. The number of aromatic nitrogens is 1. The number of anilines is 1. The van der Waals surface area contributed by atoms with Gasteiger partial charge in [-0.2, -0.15) is 0 Å². The van der Waals surface area contributed by atoms with Crippen LogP contribution in [0, 0.1) is 5.92 Å². The molecule has 0 aliphatic heterocycles. The minimum atomic E-state index is -1.06. The molecule has 3 N–H and O–H groups in total. The summed E-state index contributed by atoms with van der Waals surface area (Å²) in [7, 11) is 0. The largest absolute Gasteiger partial charge is 0.477 e. The molecule has 0 bridgehead atoms. The summed E-state index contributed by atoms with van der Waals surface area (Å²) in [6, 6.07) is 1.38. The molecule has 0 spiro atoms. The van der Waals surface area contributed by atoms with Gasteiger partial charge in [0.05, 0.1) is 18.5 Å². The summed E-state index contributed by atoms with van der Waals surface area (Å²) in [5.41, 5.74) is 5.89. The van der Waals surface area contributed by atoms with Gasteiger partial charge in [0, 0.05) is 0 Å². The molecule has 0 unspecified atom stereocenters. The van der Waals surface area contributed by atoms with E-state index >= 15 is 0 Å². The minimum Gasteiger partial charge on any atom is -0.477 e. The molecule has 18 heavy (non-hydrogen) atoms. The van der Waals surface area contributed by atoms with Crippen LogP contribution in [0.15, 0.2) is 12.3 Å². The lowest BCUT2D eigenvalue weighted by Crippen LogP contribution is -2.17. The van der Waals surface area contributed by atoms with Crippen molar-refractivity contribution in [3.8, 4) is 5.88 Å². The van der Waals surface area contributed by atoms with Crippen LogP contribution in [0.1, 0.15) is 42.5 Å². The summed E-state index contributed by atoms with van der Waals surface area (Å²) in [4.78, 5) is 15.0. The van der Waals surface area contributed by atoms with E-state index in [4.69, 9.17) is 15.6 Å². The van der Waals surface area contributed by atoms with Gasteiger partial charge in [0.15, 0.2) is 0 Å². The van der Waals surface area contributed by atoms with Crippen molar-refractivity contribution in [3.05, 3.63) is 17.8 Å². The minimum absolute atomic E-state index is 0.0332. The maximum atomic E-state index is 11.0. The van der Waals surface area contributed by atoms with Crippen LogP contribution >= 0.6 is 0 Å². The van der Waals surface area contributed by atoms with Crippen LogP contribution in [0.3, 0.4) is 0 Å². The van der Waals surface area contributed by atoms with Gasteiger partial charge in [-0.05, 0) is 24.8 Å². The Morgan fingerprint density at radius 1 is 1.44 bits per heavy atom. The number of carboxylic acid groups (broad SMARTS) is 1. The molecular weight excluding hydrogens is 232 g/mol. The van der Waals surface area contributed by atoms with Crippen molar-refractivity contribution in [1.29, 1.82) is 0 Å². The molecule has 0 saturated heterocycles. The van der Waals surface area contributed by atoms with Crippen molar-refractivity contribution >= 4 is 11.7 Å². The van der Waals surface area contributed by atoms with E-state index in [0.29, 0.717) is 18.2 Å². The molecular formula is C13H18N2O3. The van der Waals surface area contributed by atoms with Crippen LogP contribution in [0.4, 0.5) is 5.69 Å². The maximum Gasteiger partial charge on any atom is 0.341 e. The molecule has 1 aliphatic rings. The molecule has 1 saturated carbocycles. The predicted octanol–water partition coefficient (Wildman–Crippen LogP) is 2.32. The van der Waals surface area contributed by atoms with Gasteiger partial charge in [0.2, 0.25) is 5.88 Å². The van der Waals surface area contributed by atoms with E-state index in [-0.39, 0.29) is 11.4 Å². The average Bonchev–Trinajstić information content (AvgIpc) is 2.38. The molecule has 1 fully saturated rings. The highest BCUT2D eigenvalue weighted by molar-refractivity contribution is 5.91. The number of hydrogen-bond acceptors (Lipinski definition) is 4. The van der Waals surface area contributed by atoms with Gasteiger partial charge in [0.25, 0.3) is 0 Å². The van der Waals surface area contributed by atoms with E-state index in [1.165, 1.54) is 31.5 Å². The van der Waals surface area contributed by atoms with Gasteiger partial charge in [-0.15, -0.1) is 0 Å². The van der Waals surface area contributed by atoms with E-state index in [1.54, 1.807) is 0 Å². The van der Waals surface area contributed by atoms with E-state index in [1.807, 2.05) is 0 Å². The van der Waals surface area contributed by atoms with Gasteiger partial charge >= 0.3 is 5.97 Å². The van der Waals surface area contributed by atoms with Crippen molar-refractivity contribution in [2.45, 2.75) is 32.1 Å². The molecule has 5 heteroatoms. The molecule has 1 heterocycles. The number of nitrogens with two attached hydrogens (primary N) is 1. The number of aromatic carboxylic acids is 1. The fraction of sp³-hybridized carbons (Fsp3) is 0.538. The Bertz CT molecular complexity index is 428. The molecule has 1 aromatic heterocycles. The summed E-state index contributed by atoms with van der Waals surface area (Å²) < 4.78 is 5.55. The number of carbonyl (C=O) groups is 1. The quantitative estimate of drug-likeness (QED) is 0.856. The lowest BCUT2D eigenvalue weighted by atomic mass is 9.90. The first-order valence-electron chi connectivity index (χ1n) is 6.28. The fourth-order valence-corrected chi connectivity index (χ4v) is 2.29. The van der Waals surface area contributed by atoms with E-state index in [2.05, 4.69) is 4.98 Å². The normalized spacial score (nSPS) is 16.4. The second-order valence-electron chi connectivity index (χ2n) is 4.74. The van der Waals surface area contributed by atoms with E-state index in [9.17, 15) is 4.79 Å². The zero-order chi connectivity index (χ0) is 13.0. The molecule has 98 valence electrons. The first-order chi connectivity index (χ1) is 8.66. The van der Waals surface area contributed by atoms with Crippen molar-refractivity contribution in [2.75, 3.05) is 12.3 Å². The highest BCUT2D eigenvalue weighted by Crippen LogP contribution is 2.25. The van der Waals surface area contributed by atoms with Crippen LogP contribution < -0.4 is 10.5 Å². The second-order valence-corrected chi connectivity index (χ2v) is 4.74. The van der Waals surface area contributed by atoms with Crippen molar-refractivity contribution < 1.29 is 14.6 Å². The number of hydrogen-bond donors (Lipinski definition) is 2. The third-order valence-corrected chi connectivity index (χ3v) is 3.28. The molecule has 1 aromatic rings. The summed E-state index contributed by atoms with van der Waals surface area (Å²) in [5.74, 6) is -0.379. The van der Waals surface area contributed by atoms with Gasteiger partial charge in [0.1, 0.15) is 5.56 Å². The third kappa shape index (κ3) is 3.12. The van der Waals surface area contributed by atoms with Crippen LogP contribution in [-0.2, 0) is 0 Å². The van der Waals surface area contributed by atoms with Gasteiger partial charge in [-0.3, -0.25) is 0 Å². The first kappa shape index (κ1) is 12.7. The smallest absolute Gasteiger partial charge is 0.341 e. The Kier molecular flexibility index (Phi) is 4.02. The Labute approximate surface area is 106 Å². The van der Waals surface area contributed by atoms with Gasteiger partial charge in [-0.25, -0.2) is 9.78 Å². The van der Waals surface area contributed by atoms with Crippen LogP contribution in [-0.4, -0.2) is 22.7 Å². The number of rotatable bonds is 4.